The van der Waals surface area contributed by atoms with E-state index in [1.54, 1.807) is 5.38 Å². The van der Waals surface area contributed by atoms with E-state index in [0.29, 0.717) is 5.92 Å². The Morgan fingerprint density at radius 3 is 2.71 bits per heavy atom. The molecule has 0 spiro atoms. The first-order valence-electron chi connectivity index (χ1n) is 8.02. The van der Waals surface area contributed by atoms with Crippen LogP contribution in [0.15, 0.2) is 29.6 Å². The van der Waals surface area contributed by atoms with Crippen LogP contribution in [0.4, 0.5) is 0 Å². The second-order valence-corrected chi connectivity index (χ2v) is 7.03. The smallest absolute Gasteiger partial charge is 0.358 e. The summed E-state index contributed by atoms with van der Waals surface area (Å²) >= 11 is 1.38. The largest absolute Gasteiger partial charge is 0.451 e. The summed E-state index contributed by atoms with van der Waals surface area (Å²) in [7, 11) is 0. The van der Waals surface area contributed by atoms with Gasteiger partial charge in [0.1, 0.15) is 5.01 Å². The van der Waals surface area contributed by atoms with Crippen molar-refractivity contribution < 1.29 is 14.3 Å². The molecule has 0 bridgehead atoms. The minimum absolute atomic E-state index is 0.142. The number of carbonyl (C=O) groups is 2. The van der Waals surface area contributed by atoms with E-state index in [-0.39, 0.29) is 24.2 Å². The third kappa shape index (κ3) is 4.20. The number of rotatable bonds is 6. The van der Waals surface area contributed by atoms with Gasteiger partial charge >= 0.3 is 5.97 Å². The topological polar surface area (TPSA) is 68.3 Å². The maximum atomic E-state index is 12.0. The molecule has 1 saturated carbocycles. The van der Waals surface area contributed by atoms with Crippen LogP contribution in [0.25, 0.3) is 10.6 Å². The highest BCUT2D eigenvalue weighted by Crippen LogP contribution is 2.32. The molecule has 126 valence electrons. The number of amides is 1. The molecule has 24 heavy (non-hydrogen) atoms. The van der Waals surface area contributed by atoms with Crippen LogP contribution in [0.2, 0.25) is 0 Å². The van der Waals surface area contributed by atoms with Crippen LogP contribution in [0.3, 0.4) is 0 Å². The van der Waals surface area contributed by atoms with Crippen molar-refractivity contribution >= 4 is 23.2 Å². The number of aromatic nitrogens is 1. The lowest BCUT2D eigenvalue weighted by Gasteiger charge is -2.12. The van der Waals surface area contributed by atoms with Gasteiger partial charge in [0.15, 0.2) is 12.3 Å². The minimum Gasteiger partial charge on any atom is -0.451 e. The predicted molar refractivity (Wildman–Crippen MR) is 92.9 cm³/mol. The number of carbonyl (C=O) groups excluding carboxylic acids is 2. The summed E-state index contributed by atoms with van der Waals surface area (Å²) in [5.74, 6) is -0.268. The number of hydrogen-bond acceptors (Lipinski definition) is 5. The number of nitrogens with one attached hydrogen (secondary N) is 1. The van der Waals surface area contributed by atoms with E-state index in [1.165, 1.54) is 16.9 Å². The summed E-state index contributed by atoms with van der Waals surface area (Å²) < 4.78 is 5.05. The van der Waals surface area contributed by atoms with Crippen molar-refractivity contribution in [3.63, 3.8) is 0 Å². The van der Waals surface area contributed by atoms with Gasteiger partial charge in [-0.15, -0.1) is 11.3 Å². The summed E-state index contributed by atoms with van der Waals surface area (Å²) in [6.45, 7) is 3.72. The molecule has 0 saturated heterocycles. The fraction of sp³-hybridized carbons (Fsp3) is 0.389. The molecule has 6 heteroatoms. The quantitative estimate of drug-likeness (QED) is 0.817. The summed E-state index contributed by atoms with van der Waals surface area (Å²) in [5, 5.41) is 5.26. The molecule has 1 amide bonds. The molecule has 1 aliphatic carbocycles. The first-order valence-corrected chi connectivity index (χ1v) is 8.90. The first-order chi connectivity index (χ1) is 11.5. The van der Waals surface area contributed by atoms with Gasteiger partial charge < -0.3 is 10.1 Å². The van der Waals surface area contributed by atoms with Gasteiger partial charge in [-0.25, -0.2) is 9.78 Å². The van der Waals surface area contributed by atoms with Crippen molar-refractivity contribution in [2.45, 2.75) is 32.7 Å². The van der Waals surface area contributed by atoms with Gasteiger partial charge in [-0.3, -0.25) is 4.79 Å². The zero-order valence-electron chi connectivity index (χ0n) is 13.7. The number of thiazole rings is 1. The standard InChI is InChI=1S/C18H20N2O3S/c1-11-3-5-14(6-4-11)17-20-15(10-24-17)18(22)23-9-16(21)19-12(2)13-7-8-13/h3-6,10,12-13H,7-9H2,1-2H3,(H,19,21)/t12-/m1/s1. The van der Waals surface area contributed by atoms with E-state index in [2.05, 4.69) is 10.3 Å². The van der Waals surface area contributed by atoms with Gasteiger partial charge in [0.2, 0.25) is 0 Å². The molecular weight excluding hydrogens is 324 g/mol. The molecule has 1 fully saturated rings. The Morgan fingerprint density at radius 2 is 2.04 bits per heavy atom. The van der Waals surface area contributed by atoms with Gasteiger partial charge in [0, 0.05) is 17.0 Å². The average Bonchev–Trinajstić information content (AvgIpc) is 3.31. The minimum atomic E-state index is -0.571. The van der Waals surface area contributed by atoms with E-state index in [4.69, 9.17) is 4.74 Å². The van der Waals surface area contributed by atoms with E-state index in [0.717, 1.165) is 23.4 Å². The normalized spacial score (nSPS) is 14.9. The molecule has 1 aromatic carbocycles. The van der Waals surface area contributed by atoms with Gasteiger partial charge in [-0.2, -0.15) is 0 Å². The Kier molecular flexibility index (Phi) is 4.94. The molecule has 2 aromatic rings. The van der Waals surface area contributed by atoms with Crippen molar-refractivity contribution in [3.8, 4) is 10.6 Å². The van der Waals surface area contributed by atoms with Gasteiger partial charge in [0.25, 0.3) is 5.91 Å². The van der Waals surface area contributed by atoms with Crippen LogP contribution in [0, 0.1) is 12.8 Å². The van der Waals surface area contributed by atoms with Crippen LogP contribution in [0.5, 0.6) is 0 Å². The molecule has 0 aliphatic heterocycles. The van der Waals surface area contributed by atoms with Crippen molar-refractivity contribution in [1.29, 1.82) is 0 Å². The highest BCUT2D eigenvalue weighted by Gasteiger charge is 2.29. The maximum absolute atomic E-state index is 12.0. The molecule has 1 heterocycles. The van der Waals surface area contributed by atoms with Crippen molar-refractivity contribution in [1.82, 2.24) is 10.3 Å². The van der Waals surface area contributed by atoms with E-state index in [1.807, 2.05) is 38.1 Å². The molecule has 1 aliphatic rings. The maximum Gasteiger partial charge on any atom is 0.358 e. The molecule has 0 radical (unpaired) electrons. The molecule has 5 nitrogen and oxygen atoms in total. The van der Waals surface area contributed by atoms with Crippen LogP contribution < -0.4 is 5.32 Å². The number of aryl methyl sites for hydroxylation is 1. The zero-order chi connectivity index (χ0) is 17.1. The Bertz CT molecular complexity index is 735. The predicted octanol–water partition coefficient (Wildman–Crippen LogP) is 3.19. The van der Waals surface area contributed by atoms with E-state index in [9.17, 15) is 9.59 Å². The van der Waals surface area contributed by atoms with Gasteiger partial charge in [-0.1, -0.05) is 29.8 Å². The average molecular weight is 344 g/mol. The molecule has 1 atom stereocenters. The Morgan fingerprint density at radius 1 is 1.33 bits per heavy atom. The number of nitrogens with zero attached hydrogens (tertiary/aromatic N) is 1. The summed E-state index contributed by atoms with van der Waals surface area (Å²) in [6.07, 6.45) is 2.31. The van der Waals surface area contributed by atoms with Gasteiger partial charge in [0.05, 0.1) is 0 Å². The van der Waals surface area contributed by atoms with E-state index < -0.39 is 5.97 Å². The summed E-state index contributed by atoms with van der Waals surface area (Å²) in [6, 6.07) is 8.08. The van der Waals surface area contributed by atoms with Crippen molar-refractivity contribution in [2.24, 2.45) is 5.92 Å². The second kappa shape index (κ2) is 7.13. The molecule has 0 unspecified atom stereocenters. The van der Waals surface area contributed by atoms with Crippen LogP contribution in [0.1, 0.15) is 35.8 Å². The van der Waals surface area contributed by atoms with Crippen LogP contribution >= 0.6 is 11.3 Å². The molecule has 3 rings (SSSR count). The fourth-order valence-electron chi connectivity index (χ4n) is 2.41. The lowest BCUT2D eigenvalue weighted by Crippen LogP contribution is -2.37. The number of esters is 1. The summed E-state index contributed by atoms with van der Waals surface area (Å²) in [4.78, 5) is 28.1. The highest BCUT2D eigenvalue weighted by molar-refractivity contribution is 7.13. The SMILES string of the molecule is Cc1ccc(-c2nc(C(=O)OCC(=O)N[C@H](C)C3CC3)cs2)cc1. The molecular formula is C18H20N2O3S. The lowest BCUT2D eigenvalue weighted by molar-refractivity contribution is -0.125. The van der Waals surface area contributed by atoms with Gasteiger partial charge in [-0.05, 0) is 32.6 Å². The Balaban J connectivity index is 1.53. The first kappa shape index (κ1) is 16.6. The number of hydrogen-bond donors (Lipinski definition) is 1. The van der Waals surface area contributed by atoms with Crippen molar-refractivity contribution in [3.05, 3.63) is 40.9 Å². The Labute approximate surface area is 145 Å². The molecule has 1 aromatic heterocycles. The molecule has 1 N–H and O–H groups in total. The van der Waals surface area contributed by atoms with Crippen LogP contribution in [-0.2, 0) is 9.53 Å². The monoisotopic (exact) mass is 344 g/mol. The zero-order valence-corrected chi connectivity index (χ0v) is 14.6. The highest BCUT2D eigenvalue weighted by atomic mass is 32.1. The second-order valence-electron chi connectivity index (χ2n) is 6.17. The number of ether oxygens (including phenoxy) is 1. The fourth-order valence-corrected chi connectivity index (χ4v) is 3.21. The van der Waals surface area contributed by atoms with Crippen molar-refractivity contribution in [2.75, 3.05) is 6.61 Å². The van der Waals surface area contributed by atoms with E-state index >= 15 is 0 Å². The third-order valence-corrected chi connectivity index (χ3v) is 4.96. The summed E-state index contributed by atoms with van der Waals surface area (Å²) in [5.41, 5.74) is 2.36. The van der Waals surface area contributed by atoms with Crippen LogP contribution in [-0.4, -0.2) is 29.5 Å². The Hall–Kier alpha value is -2.21. The third-order valence-electron chi connectivity index (χ3n) is 4.06. The number of benzene rings is 1. The lowest BCUT2D eigenvalue weighted by atomic mass is 10.2.